The number of rotatable bonds is 14. The number of benzene rings is 1. The molecular weight excluding hydrogens is 554 g/mol. The van der Waals surface area contributed by atoms with Crippen molar-refractivity contribution in [3.8, 4) is 0 Å². The summed E-state index contributed by atoms with van der Waals surface area (Å²) < 4.78 is 33.3. The predicted molar refractivity (Wildman–Crippen MR) is 166 cm³/mol. The van der Waals surface area contributed by atoms with E-state index in [-0.39, 0.29) is 24.7 Å². The molecule has 3 aliphatic rings. The van der Waals surface area contributed by atoms with Crippen LogP contribution in [0.1, 0.15) is 87.8 Å². The van der Waals surface area contributed by atoms with Crippen molar-refractivity contribution in [1.29, 1.82) is 0 Å². The monoisotopic (exact) mass is 603 g/mol. The fourth-order valence-electron chi connectivity index (χ4n) is 6.37. The lowest BCUT2D eigenvalue weighted by Gasteiger charge is -2.38. The number of amidine groups is 1. The molecule has 2 fully saturated rings. The molecule has 0 aromatic heterocycles. The number of hydrogen-bond acceptors (Lipinski definition) is 6. The summed E-state index contributed by atoms with van der Waals surface area (Å²) in [6.07, 6.45) is 10.3. The van der Waals surface area contributed by atoms with Gasteiger partial charge < -0.3 is 15.8 Å². The first-order chi connectivity index (χ1) is 19.8. The molecule has 1 aromatic carbocycles. The molecule has 1 aromatic rings. The lowest BCUT2D eigenvalue weighted by molar-refractivity contribution is -0.124. The molecule has 0 atom stereocenters. The normalized spacial score (nSPS) is 19.8. The molecule has 0 radical (unpaired) electrons. The van der Waals surface area contributed by atoms with Gasteiger partial charge in [-0.1, -0.05) is 39.0 Å². The zero-order valence-corrected chi connectivity index (χ0v) is 26.7. The van der Waals surface area contributed by atoms with E-state index < -0.39 is 21.6 Å². The third-order valence-corrected chi connectivity index (χ3v) is 11.2. The van der Waals surface area contributed by atoms with E-state index in [2.05, 4.69) is 12.2 Å². The van der Waals surface area contributed by atoms with Crippen molar-refractivity contribution in [3.63, 3.8) is 0 Å². The first-order valence-corrected chi connectivity index (χ1v) is 17.0. The highest BCUT2D eigenvalue weighted by atomic mass is 32.2. The lowest BCUT2D eigenvalue weighted by atomic mass is 9.83. The summed E-state index contributed by atoms with van der Waals surface area (Å²) in [5.74, 6) is 0.655. The summed E-state index contributed by atoms with van der Waals surface area (Å²) >= 11 is 0. The number of anilines is 1. The zero-order valence-electron chi connectivity index (χ0n) is 25.8. The van der Waals surface area contributed by atoms with Crippen LogP contribution in [0.15, 0.2) is 17.1 Å². The second-order valence-electron chi connectivity index (χ2n) is 12.9. The molecule has 1 spiro atoms. The van der Waals surface area contributed by atoms with Crippen LogP contribution in [-0.4, -0.2) is 75.1 Å². The second-order valence-corrected chi connectivity index (χ2v) is 15.0. The van der Waals surface area contributed by atoms with E-state index in [0.717, 1.165) is 55.0 Å². The van der Waals surface area contributed by atoms with Crippen LogP contribution in [0.25, 0.3) is 0 Å². The number of primary amides is 1. The largest absolute Gasteiger partial charge is 0.380 e. The molecule has 42 heavy (non-hydrogen) atoms. The fraction of sp³-hybridized carbons (Fsp3) is 0.710. The van der Waals surface area contributed by atoms with Gasteiger partial charge in [0, 0.05) is 37.7 Å². The van der Waals surface area contributed by atoms with Crippen LogP contribution in [0, 0.1) is 19.3 Å². The number of piperidine rings is 1. The van der Waals surface area contributed by atoms with E-state index in [1.807, 2.05) is 26.0 Å². The average molecular weight is 604 g/mol. The molecule has 234 valence electrons. The first-order valence-electron chi connectivity index (χ1n) is 15.4. The van der Waals surface area contributed by atoms with Crippen LogP contribution in [0.5, 0.6) is 0 Å². The summed E-state index contributed by atoms with van der Waals surface area (Å²) in [5, 5.41) is 2.99. The molecule has 11 heteroatoms. The van der Waals surface area contributed by atoms with Gasteiger partial charge in [0.1, 0.15) is 11.4 Å². The maximum atomic E-state index is 13.2. The topological polar surface area (TPSA) is 134 Å². The summed E-state index contributed by atoms with van der Waals surface area (Å²) in [4.78, 5) is 30.6. The second kappa shape index (κ2) is 13.4. The van der Waals surface area contributed by atoms with Crippen LogP contribution < -0.4 is 16.0 Å². The Bertz CT molecular complexity index is 1260. The van der Waals surface area contributed by atoms with Gasteiger partial charge in [0.05, 0.1) is 19.0 Å². The third kappa shape index (κ3) is 7.71. The van der Waals surface area contributed by atoms with Crippen LogP contribution in [0.4, 0.5) is 10.5 Å². The molecule has 3 aliphatic heterocycles. The van der Waals surface area contributed by atoms with E-state index in [4.69, 9.17) is 15.5 Å². The standard InChI is InChI=1S/C31H49N5O5S/c1-23-19-25(35(4)29(32)38)20-24(2)26(23)12-18-42(39,40)36-16-14-31(15-17-36)28(37)33-27(34-31)11-9-7-5-6-8-10-13-30(3)21-41-22-30/h19-20H,5-18,21-22H2,1-4H3,(H2,32,38)(H,33,34,37). The fourth-order valence-corrected chi connectivity index (χ4v) is 7.83. The van der Waals surface area contributed by atoms with Gasteiger partial charge >= 0.3 is 6.03 Å². The van der Waals surface area contributed by atoms with Gasteiger partial charge in [-0.15, -0.1) is 0 Å². The summed E-state index contributed by atoms with van der Waals surface area (Å²) in [7, 11) is -1.89. The highest BCUT2D eigenvalue weighted by Crippen LogP contribution is 2.34. The molecule has 0 saturated carbocycles. The van der Waals surface area contributed by atoms with Crippen molar-refractivity contribution >= 4 is 33.5 Å². The number of urea groups is 1. The number of carbonyl (C=O) groups is 2. The Morgan fingerprint density at radius 1 is 1.05 bits per heavy atom. The number of sulfonamides is 1. The number of ether oxygens (including phenoxy) is 1. The molecule has 2 saturated heterocycles. The number of unbranched alkanes of at least 4 members (excludes halogenated alkanes) is 5. The van der Waals surface area contributed by atoms with Crippen molar-refractivity contribution in [2.45, 2.75) is 96.9 Å². The van der Waals surface area contributed by atoms with Crippen LogP contribution >= 0.6 is 0 Å². The molecule has 10 nitrogen and oxygen atoms in total. The Labute approximate surface area is 251 Å². The Kier molecular flexibility index (Phi) is 10.4. The maximum absolute atomic E-state index is 13.2. The highest BCUT2D eigenvalue weighted by molar-refractivity contribution is 7.89. The number of hydrogen-bond donors (Lipinski definition) is 2. The Morgan fingerprint density at radius 2 is 1.64 bits per heavy atom. The van der Waals surface area contributed by atoms with E-state index in [9.17, 15) is 18.0 Å². The van der Waals surface area contributed by atoms with Crippen molar-refractivity contribution in [2.24, 2.45) is 16.1 Å². The minimum atomic E-state index is -3.50. The quantitative estimate of drug-likeness (QED) is 0.307. The van der Waals surface area contributed by atoms with Gasteiger partial charge in [-0.2, -0.15) is 0 Å². The molecule has 3 heterocycles. The molecule has 3 amide bonds. The van der Waals surface area contributed by atoms with Gasteiger partial charge in [0.2, 0.25) is 10.0 Å². The van der Waals surface area contributed by atoms with Gasteiger partial charge in [-0.3, -0.25) is 14.7 Å². The van der Waals surface area contributed by atoms with Crippen LogP contribution in [-0.2, 0) is 26.0 Å². The van der Waals surface area contributed by atoms with Crippen molar-refractivity contribution < 1.29 is 22.7 Å². The number of nitrogens with one attached hydrogen (secondary N) is 1. The maximum Gasteiger partial charge on any atom is 0.318 e. The number of amides is 3. The Balaban J connectivity index is 1.20. The number of aryl methyl sites for hydroxylation is 2. The van der Waals surface area contributed by atoms with E-state index in [0.29, 0.717) is 30.4 Å². The van der Waals surface area contributed by atoms with E-state index >= 15 is 0 Å². The first kappa shape index (κ1) is 32.4. The zero-order chi connectivity index (χ0) is 30.5. The Hall–Kier alpha value is -2.50. The molecule has 0 aliphatic carbocycles. The van der Waals surface area contributed by atoms with Crippen molar-refractivity contribution in [1.82, 2.24) is 9.62 Å². The van der Waals surface area contributed by atoms with E-state index in [1.54, 1.807) is 7.05 Å². The number of aliphatic imine (C=N–C) groups is 1. The van der Waals surface area contributed by atoms with Crippen molar-refractivity contribution in [2.75, 3.05) is 44.0 Å². The molecule has 0 unspecified atom stereocenters. The minimum absolute atomic E-state index is 0.0128. The third-order valence-electron chi connectivity index (χ3n) is 9.33. The predicted octanol–water partition coefficient (Wildman–Crippen LogP) is 4.21. The summed E-state index contributed by atoms with van der Waals surface area (Å²) in [6, 6.07) is 3.16. The van der Waals surface area contributed by atoms with E-state index in [1.165, 1.54) is 41.3 Å². The lowest BCUT2D eigenvalue weighted by Crippen LogP contribution is -2.50. The summed E-state index contributed by atoms with van der Waals surface area (Å²) in [5.41, 5.74) is 8.44. The molecule has 0 bridgehead atoms. The van der Waals surface area contributed by atoms with Gasteiger partial charge in [0.25, 0.3) is 5.91 Å². The Morgan fingerprint density at radius 3 is 2.21 bits per heavy atom. The molecular formula is C31H49N5O5S. The van der Waals surface area contributed by atoms with Gasteiger partial charge in [0.15, 0.2) is 0 Å². The molecule has 4 rings (SSSR count). The van der Waals surface area contributed by atoms with Gasteiger partial charge in [-0.05, 0) is 74.8 Å². The number of nitrogens with zero attached hydrogens (tertiary/aromatic N) is 3. The van der Waals surface area contributed by atoms with Gasteiger partial charge in [-0.25, -0.2) is 17.5 Å². The van der Waals surface area contributed by atoms with Crippen LogP contribution in [0.3, 0.4) is 0 Å². The van der Waals surface area contributed by atoms with Crippen molar-refractivity contribution in [3.05, 3.63) is 28.8 Å². The summed E-state index contributed by atoms with van der Waals surface area (Å²) in [6.45, 7) is 8.53. The number of nitrogens with two attached hydrogens (primary N) is 1. The SMILES string of the molecule is Cc1cc(N(C)C(N)=O)cc(C)c1CCS(=O)(=O)N1CCC2(CC1)N=C(CCCCCCCCC1(C)COC1)NC2=O. The molecule has 3 N–H and O–H groups in total. The highest BCUT2D eigenvalue weighted by Gasteiger charge is 2.47. The number of carbonyl (C=O) groups excluding carboxylic acids is 2. The average Bonchev–Trinajstić information content (AvgIpc) is 3.22. The smallest absolute Gasteiger partial charge is 0.318 e. The minimum Gasteiger partial charge on any atom is -0.380 e. The van der Waals surface area contributed by atoms with Crippen LogP contribution in [0.2, 0.25) is 0 Å².